The Labute approximate surface area is 198 Å². The van der Waals surface area contributed by atoms with Crippen LogP contribution in [0.1, 0.15) is 23.1 Å². The molecule has 0 aliphatic carbocycles. The number of carbonyl (C=O) groups excluding carboxylic acids is 2. The molecule has 0 radical (unpaired) electrons. The van der Waals surface area contributed by atoms with Crippen molar-refractivity contribution in [1.29, 1.82) is 0 Å². The molecule has 0 aromatic heterocycles. The SMILES string of the molecule is O=C(CC(=O)Nc1cccc(C(F)(F)F)c1)NN=Cc1ccccc1OCc1ccc(Cl)cc1. The summed E-state index contributed by atoms with van der Waals surface area (Å²) in [5.74, 6) is -0.989. The summed E-state index contributed by atoms with van der Waals surface area (Å²) in [5.41, 5.74) is 2.74. The van der Waals surface area contributed by atoms with Crippen LogP contribution in [0.15, 0.2) is 77.9 Å². The highest BCUT2D eigenvalue weighted by atomic mass is 35.5. The standard InChI is InChI=1S/C24H19ClF3N3O3/c25-19-10-8-16(9-11-19)15-34-21-7-2-1-4-17(21)14-29-31-23(33)13-22(32)30-20-6-3-5-18(12-20)24(26,27)28/h1-12,14H,13,15H2,(H,30,32)(H,31,33). The van der Waals surface area contributed by atoms with Crippen LogP contribution in [0, 0.1) is 0 Å². The Morgan fingerprint density at radius 1 is 0.971 bits per heavy atom. The lowest BCUT2D eigenvalue weighted by atomic mass is 10.2. The molecule has 0 spiro atoms. The summed E-state index contributed by atoms with van der Waals surface area (Å²) in [4.78, 5) is 24.0. The van der Waals surface area contributed by atoms with Crippen LogP contribution in [0.25, 0.3) is 0 Å². The van der Waals surface area contributed by atoms with Crippen LogP contribution >= 0.6 is 11.6 Å². The van der Waals surface area contributed by atoms with Crippen LogP contribution < -0.4 is 15.5 Å². The molecule has 2 N–H and O–H groups in total. The van der Waals surface area contributed by atoms with E-state index in [1.165, 1.54) is 12.3 Å². The Morgan fingerprint density at radius 2 is 1.71 bits per heavy atom. The number of hydrogen-bond acceptors (Lipinski definition) is 4. The Bertz CT molecular complexity index is 1180. The molecule has 0 unspecified atom stereocenters. The number of hydrazone groups is 1. The third-order valence-electron chi connectivity index (χ3n) is 4.41. The van der Waals surface area contributed by atoms with E-state index in [-0.39, 0.29) is 5.69 Å². The Morgan fingerprint density at radius 3 is 2.44 bits per heavy atom. The smallest absolute Gasteiger partial charge is 0.416 e. The summed E-state index contributed by atoms with van der Waals surface area (Å²) < 4.78 is 44.1. The van der Waals surface area contributed by atoms with Gasteiger partial charge in [0.15, 0.2) is 0 Å². The second-order valence-electron chi connectivity index (χ2n) is 7.05. The zero-order valence-corrected chi connectivity index (χ0v) is 18.4. The first-order chi connectivity index (χ1) is 16.2. The van der Waals surface area contributed by atoms with Crippen LogP contribution in [-0.4, -0.2) is 18.0 Å². The van der Waals surface area contributed by atoms with E-state index in [1.807, 2.05) is 12.1 Å². The number of carbonyl (C=O) groups is 2. The molecule has 0 saturated heterocycles. The van der Waals surface area contributed by atoms with Gasteiger partial charge in [0.25, 0.3) is 0 Å². The highest BCUT2D eigenvalue weighted by molar-refractivity contribution is 6.30. The zero-order chi connectivity index (χ0) is 24.6. The fourth-order valence-corrected chi connectivity index (χ4v) is 2.92. The van der Waals surface area contributed by atoms with Crippen molar-refractivity contribution in [3.63, 3.8) is 0 Å². The summed E-state index contributed by atoms with van der Waals surface area (Å²) in [6, 6.07) is 18.3. The summed E-state index contributed by atoms with van der Waals surface area (Å²) in [7, 11) is 0. The number of rotatable bonds is 8. The van der Waals surface area contributed by atoms with Crippen molar-refractivity contribution in [2.45, 2.75) is 19.2 Å². The number of nitrogens with zero attached hydrogens (tertiary/aromatic N) is 1. The van der Waals surface area contributed by atoms with Crippen LogP contribution in [0.4, 0.5) is 18.9 Å². The van der Waals surface area contributed by atoms with Gasteiger partial charge in [0.1, 0.15) is 18.8 Å². The lowest BCUT2D eigenvalue weighted by Crippen LogP contribution is -2.24. The Balaban J connectivity index is 1.52. The average molecular weight is 490 g/mol. The van der Waals surface area contributed by atoms with Crippen molar-refractivity contribution in [3.8, 4) is 5.75 Å². The third kappa shape index (κ3) is 7.63. The average Bonchev–Trinajstić information content (AvgIpc) is 2.79. The van der Waals surface area contributed by atoms with Gasteiger partial charge in [-0.15, -0.1) is 0 Å². The molecular formula is C24H19ClF3N3O3. The van der Waals surface area contributed by atoms with Crippen LogP contribution in [0.3, 0.4) is 0 Å². The van der Waals surface area contributed by atoms with Gasteiger partial charge in [0, 0.05) is 16.3 Å². The molecule has 0 heterocycles. The van der Waals surface area contributed by atoms with E-state index in [4.69, 9.17) is 16.3 Å². The second kappa shape index (κ2) is 11.3. The summed E-state index contributed by atoms with van der Waals surface area (Å²) >= 11 is 5.87. The molecule has 0 fully saturated rings. The van der Waals surface area contributed by atoms with Gasteiger partial charge >= 0.3 is 6.18 Å². The van der Waals surface area contributed by atoms with E-state index < -0.39 is 30.0 Å². The monoisotopic (exact) mass is 489 g/mol. The molecule has 0 aliphatic rings. The summed E-state index contributed by atoms with van der Waals surface area (Å²) in [6.07, 6.45) is -3.80. The quantitative estimate of drug-likeness (QED) is 0.252. The number of para-hydroxylation sites is 1. The first kappa shape index (κ1) is 24.8. The number of anilines is 1. The van der Waals surface area contributed by atoms with Crippen molar-refractivity contribution < 1.29 is 27.5 Å². The maximum atomic E-state index is 12.8. The highest BCUT2D eigenvalue weighted by Gasteiger charge is 2.30. The number of ether oxygens (including phenoxy) is 1. The minimum atomic E-state index is -4.54. The fourth-order valence-electron chi connectivity index (χ4n) is 2.80. The predicted octanol–water partition coefficient (Wildman–Crippen LogP) is 5.42. The number of hydrogen-bond donors (Lipinski definition) is 2. The number of halogens is 4. The van der Waals surface area contributed by atoms with E-state index in [9.17, 15) is 22.8 Å². The van der Waals surface area contributed by atoms with Crippen molar-refractivity contribution in [3.05, 3.63) is 94.5 Å². The molecule has 3 rings (SSSR count). The van der Waals surface area contributed by atoms with Crippen LogP contribution in [0.5, 0.6) is 5.75 Å². The number of alkyl halides is 3. The zero-order valence-electron chi connectivity index (χ0n) is 17.6. The molecule has 3 aromatic carbocycles. The van der Waals surface area contributed by atoms with E-state index in [0.29, 0.717) is 22.9 Å². The van der Waals surface area contributed by atoms with Crippen LogP contribution in [0.2, 0.25) is 5.02 Å². The molecule has 0 aliphatic heterocycles. The number of benzene rings is 3. The molecule has 0 atom stereocenters. The van der Waals surface area contributed by atoms with Crippen molar-refractivity contribution in [1.82, 2.24) is 5.43 Å². The lowest BCUT2D eigenvalue weighted by Gasteiger charge is -2.10. The van der Waals surface area contributed by atoms with Gasteiger partial charge < -0.3 is 10.1 Å². The second-order valence-corrected chi connectivity index (χ2v) is 7.49. The lowest BCUT2D eigenvalue weighted by molar-refractivity contribution is -0.137. The first-order valence-electron chi connectivity index (χ1n) is 9.96. The Kier molecular flexibility index (Phi) is 8.26. The molecule has 2 amide bonds. The summed E-state index contributed by atoms with van der Waals surface area (Å²) in [5, 5.41) is 6.70. The normalized spacial score (nSPS) is 11.3. The van der Waals surface area contributed by atoms with Crippen molar-refractivity contribution in [2.75, 3.05) is 5.32 Å². The minimum absolute atomic E-state index is 0.0668. The van der Waals surface area contributed by atoms with Gasteiger partial charge in [-0.1, -0.05) is 41.9 Å². The Hall–Kier alpha value is -3.85. The van der Waals surface area contributed by atoms with E-state index in [0.717, 1.165) is 23.8 Å². The molecule has 10 heteroatoms. The molecule has 6 nitrogen and oxygen atoms in total. The topological polar surface area (TPSA) is 79.8 Å². The van der Waals surface area contributed by atoms with Gasteiger partial charge in [-0.05, 0) is 48.0 Å². The maximum absolute atomic E-state index is 12.8. The largest absolute Gasteiger partial charge is 0.488 e. The molecule has 0 saturated carbocycles. The molecule has 176 valence electrons. The number of amides is 2. The number of nitrogens with one attached hydrogen (secondary N) is 2. The highest BCUT2D eigenvalue weighted by Crippen LogP contribution is 2.30. The van der Waals surface area contributed by atoms with Gasteiger partial charge in [-0.2, -0.15) is 18.3 Å². The fraction of sp³-hybridized carbons (Fsp3) is 0.125. The predicted molar refractivity (Wildman–Crippen MR) is 123 cm³/mol. The van der Waals surface area contributed by atoms with Gasteiger partial charge in [-0.25, -0.2) is 5.43 Å². The summed E-state index contributed by atoms with van der Waals surface area (Å²) in [6.45, 7) is 0.296. The minimum Gasteiger partial charge on any atom is -0.488 e. The van der Waals surface area contributed by atoms with Crippen LogP contribution in [-0.2, 0) is 22.4 Å². The van der Waals surface area contributed by atoms with E-state index in [1.54, 1.807) is 36.4 Å². The first-order valence-corrected chi connectivity index (χ1v) is 10.3. The van der Waals surface area contributed by atoms with Crippen molar-refractivity contribution in [2.24, 2.45) is 5.10 Å². The van der Waals surface area contributed by atoms with Gasteiger partial charge in [0.05, 0.1) is 11.8 Å². The molecule has 3 aromatic rings. The van der Waals surface area contributed by atoms with Gasteiger partial charge in [-0.3, -0.25) is 9.59 Å². The molecule has 34 heavy (non-hydrogen) atoms. The molecular weight excluding hydrogens is 471 g/mol. The van der Waals surface area contributed by atoms with E-state index in [2.05, 4.69) is 15.8 Å². The molecule has 0 bridgehead atoms. The van der Waals surface area contributed by atoms with Gasteiger partial charge in [0.2, 0.25) is 11.8 Å². The van der Waals surface area contributed by atoms with E-state index >= 15 is 0 Å². The maximum Gasteiger partial charge on any atom is 0.416 e. The third-order valence-corrected chi connectivity index (χ3v) is 4.67. The van der Waals surface area contributed by atoms with Crippen molar-refractivity contribution >= 4 is 35.3 Å².